The van der Waals surface area contributed by atoms with E-state index in [2.05, 4.69) is 18.3 Å². The van der Waals surface area contributed by atoms with Crippen LogP contribution >= 0.6 is 0 Å². The molecule has 0 aliphatic carbocycles. The number of aryl methyl sites for hydroxylation is 1. The molecule has 0 aromatic heterocycles. The van der Waals surface area contributed by atoms with E-state index in [-0.39, 0.29) is 5.91 Å². The van der Waals surface area contributed by atoms with Gasteiger partial charge in [0.05, 0.1) is 18.2 Å². The van der Waals surface area contributed by atoms with E-state index in [4.69, 9.17) is 10.00 Å². The molecule has 1 amide bonds. The third-order valence-corrected chi connectivity index (χ3v) is 3.92. The molecule has 25 heavy (non-hydrogen) atoms. The maximum Gasteiger partial charge on any atom is 0.220 e. The Morgan fingerprint density at radius 3 is 2.52 bits per heavy atom. The van der Waals surface area contributed by atoms with Gasteiger partial charge in [-0.25, -0.2) is 0 Å². The van der Waals surface area contributed by atoms with Crippen molar-refractivity contribution in [1.82, 2.24) is 5.32 Å². The number of nitriles is 1. The number of carbonyl (C=O) groups excluding carboxylic acids is 1. The van der Waals surface area contributed by atoms with Gasteiger partial charge in [0.1, 0.15) is 0 Å². The Kier molecular flexibility index (Phi) is 7.68. The summed E-state index contributed by atoms with van der Waals surface area (Å²) < 4.78 is 5.60. The lowest BCUT2D eigenvalue weighted by Gasteiger charge is -2.11. The molecule has 2 rings (SSSR count). The van der Waals surface area contributed by atoms with Gasteiger partial charge < -0.3 is 10.1 Å². The zero-order chi connectivity index (χ0) is 17.9. The molecule has 0 saturated heterocycles. The van der Waals surface area contributed by atoms with E-state index < -0.39 is 0 Å². The van der Waals surface area contributed by atoms with Crippen LogP contribution in [0, 0.1) is 11.3 Å². The van der Waals surface area contributed by atoms with Gasteiger partial charge in [-0.1, -0.05) is 43.3 Å². The molecule has 0 aliphatic heterocycles. The molecule has 2 aromatic carbocycles. The average molecular weight is 336 g/mol. The molecular formula is C21H24N2O2. The van der Waals surface area contributed by atoms with Crippen molar-refractivity contribution in [3.8, 4) is 6.07 Å². The smallest absolute Gasteiger partial charge is 0.220 e. The summed E-state index contributed by atoms with van der Waals surface area (Å²) in [5.41, 5.74) is 3.89. The topological polar surface area (TPSA) is 62.1 Å². The Morgan fingerprint density at radius 1 is 1.12 bits per heavy atom. The molecule has 0 bridgehead atoms. The van der Waals surface area contributed by atoms with E-state index in [9.17, 15) is 4.79 Å². The highest BCUT2D eigenvalue weighted by Crippen LogP contribution is 2.11. The highest BCUT2D eigenvalue weighted by Gasteiger charge is 2.06. The Morgan fingerprint density at radius 2 is 1.84 bits per heavy atom. The van der Waals surface area contributed by atoms with Gasteiger partial charge in [0.2, 0.25) is 5.91 Å². The first-order chi connectivity index (χ1) is 12.2. The van der Waals surface area contributed by atoms with Crippen LogP contribution in [0.25, 0.3) is 0 Å². The average Bonchev–Trinajstić information content (AvgIpc) is 2.66. The second-order valence-electron chi connectivity index (χ2n) is 5.91. The van der Waals surface area contributed by atoms with Crippen molar-refractivity contribution in [2.24, 2.45) is 0 Å². The number of hydrogen-bond acceptors (Lipinski definition) is 3. The van der Waals surface area contributed by atoms with Crippen LogP contribution in [-0.4, -0.2) is 12.5 Å². The Balaban J connectivity index is 1.80. The highest BCUT2D eigenvalue weighted by atomic mass is 16.5. The van der Waals surface area contributed by atoms with Crippen LogP contribution in [-0.2, 0) is 29.1 Å². The standard InChI is InChI=1S/C21H24N2O2/c1-2-13-25-16-20-6-4-3-5-19(20)15-23-21(24)12-11-17-7-9-18(14-22)10-8-17/h3-10H,2,11-13,15-16H2,1H3,(H,23,24). The highest BCUT2D eigenvalue weighted by molar-refractivity contribution is 5.76. The molecule has 0 atom stereocenters. The fourth-order valence-electron chi connectivity index (χ4n) is 2.48. The third kappa shape index (κ3) is 6.40. The van der Waals surface area contributed by atoms with Gasteiger partial charge in [0.15, 0.2) is 0 Å². The summed E-state index contributed by atoms with van der Waals surface area (Å²) in [6.45, 7) is 3.91. The molecule has 1 N–H and O–H groups in total. The predicted molar refractivity (Wildman–Crippen MR) is 97.7 cm³/mol. The van der Waals surface area contributed by atoms with E-state index >= 15 is 0 Å². The SMILES string of the molecule is CCCOCc1ccccc1CNC(=O)CCc1ccc(C#N)cc1. The second kappa shape index (κ2) is 10.3. The molecular weight excluding hydrogens is 312 g/mol. The summed E-state index contributed by atoms with van der Waals surface area (Å²) in [7, 11) is 0. The molecule has 0 radical (unpaired) electrons. The number of amides is 1. The molecule has 0 aliphatic rings. The summed E-state index contributed by atoms with van der Waals surface area (Å²) in [6.07, 6.45) is 2.09. The quantitative estimate of drug-likeness (QED) is 0.710. The van der Waals surface area contributed by atoms with Crippen molar-refractivity contribution in [2.45, 2.75) is 39.3 Å². The lowest BCUT2D eigenvalue weighted by molar-refractivity contribution is -0.121. The van der Waals surface area contributed by atoms with Gasteiger partial charge in [-0.15, -0.1) is 0 Å². The third-order valence-electron chi connectivity index (χ3n) is 3.92. The van der Waals surface area contributed by atoms with Crippen LogP contribution in [0.1, 0.15) is 42.0 Å². The summed E-state index contributed by atoms with van der Waals surface area (Å²) in [5.74, 6) is 0.0219. The van der Waals surface area contributed by atoms with Gasteiger partial charge >= 0.3 is 0 Å². The molecule has 0 heterocycles. The summed E-state index contributed by atoms with van der Waals surface area (Å²) in [5, 5.41) is 11.8. The molecule has 2 aromatic rings. The Labute approximate surface area is 149 Å². The fourth-order valence-corrected chi connectivity index (χ4v) is 2.48. The van der Waals surface area contributed by atoms with E-state index in [1.807, 2.05) is 36.4 Å². The number of ether oxygens (including phenoxy) is 1. The molecule has 0 saturated carbocycles. The first-order valence-electron chi connectivity index (χ1n) is 8.63. The largest absolute Gasteiger partial charge is 0.377 e. The molecule has 0 fully saturated rings. The van der Waals surface area contributed by atoms with Crippen LogP contribution in [0.3, 0.4) is 0 Å². The first-order valence-corrected chi connectivity index (χ1v) is 8.63. The van der Waals surface area contributed by atoms with Crippen molar-refractivity contribution in [3.63, 3.8) is 0 Å². The Bertz CT molecular complexity index is 717. The summed E-state index contributed by atoms with van der Waals surface area (Å²) >= 11 is 0. The number of nitrogens with zero attached hydrogens (tertiary/aromatic N) is 1. The number of nitrogens with one attached hydrogen (secondary N) is 1. The first kappa shape index (κ1) is 18.7. The van der Waals surface area contributed by atoms with Crippen LogP contribution in [0.4, 0.5) is 0 Å². The van der Waals surface area contributed by atoms with E-state index in [1.165, 1.54) is 0 Å². The maximum atomic E-state index is 12.1. The van der Waals surface area contributed by atoms with Crippen molar-refractivity contribution in [3.05, 3.63) is 70.8 Å². The van der Waals surface area contributed by atoms with Gasteiger partial charge in [0.25, 0.3) is 0 Å². The minimum atomic E-state index is 0.0219. The van der Waals surface area contributed by atoms with Crippen LogP contribution in [0.2, 0.25) is 0 Å². The molecule has 4 nitrogen and oxygen atoms in total. The predicted octanol–water partition coefficient (Wildman–Crippen LogP) is 3.73. The normalized spacial score (nSPS) is 10.2. The van der Waals surface area contributed by atoms with Gasteiger partial charge in [-0.05, 0) is 41.7 Å². The van der Waals surface area contributed by atoms with Crippen LogP contribution in [0.5, 0.6) is 0 Å². The zero-order valence-corrected chi connectivity index (χ0v) is 14.6. The van der Waals surface area contributed by atoms with Gasteiger partial charge in [0, 0.05) is 19.6 Å². The monoisotopic (exact) mass is 336 g/mol. The van der Waals surface area contributed by atoms with Gasteiger partial charge in [-0.3, -0.25) is 4.79 Å². The number of hydrogen-bond donors (Lipinski definition) is 1. The van der Waals surface area contributed by atoms with E-state index in [0.29, 0.717) is 31.6 Å². The second-order valence-corrected chi connectivity index (χ2v) is 5.91. The van der Waals surface area contributed by atoms with Crippen LogP contribution in [0.15, 0.2) is 48.5 Å². The van der Waals surface area contributed by atoms with Crippen LogP contribution < -0.4 is 5.32 Å². The molecule has 4 heteroatoms. The summed E-state index contributed by atoms with van der Waals surface area (Å²) in [4.78, 5) is 12.1. The molecule has 0 spiro atoms. The van der Waals surface area contributed by atoms with Crippen molar-refractivity contribution in [2.75, 3.05) is 6.61 Å². The molecule has 130 valence electrons. The summed E-state index contributed by atoms with van der Waals surface area (Å²) in [6, 6.07) is 17.5. The number of benzene rings is 2. The number of rotatable bonds is 9. The minimum Gasteiger partial charge on any atom is -0.377 e. The van der Waals surface area contributed by atoms with Crippen molar-refractivity contribution < 1.29 is 9.53 Å². The Hall–Kier alpha value is -2.64. The minimum absolute atomic E-state index is 0.0219. The maximum absolute atomic E-state index is 12.1. The van der Waals surface area contributed by atoms with E-state index in [1.54, 1.807) is 12.1 Å². The lowest BCUT2D eigenvalue weighted by atomic mass is 10.1. The van der Waals surface area contributed by atoms with Crippen molar-refractivity contribution >= 4 is 5.91 Å². The van der Waals surface area contributed by atoms with E-state index in [0.717, 1.165) is 29.7 Å². The molecule has 0 unspecified atom stereocenters. The van der Waals surface area contributed by atoms with Gasteiger partial charge in [-0.2, -0.15) is 5.26 Å². The van der Waals surface area contributed by atoms with Crippen molar-refractivity contribution in [1.29, 1.82) is 5.26 Å². The number of carbonyl (C=O) groups is 1. The fraction of sp³-hybridized carbons (Fsp3) is 0.333. The lowest BCUT2D eigenvalue weighted by Crippen LogP contribution is -2.23. The zero-order valence-electron chi connectivity index (χ0n) is 14.6.